The lowest BCUT2D eigenvalue weighted by Gasteiger charge is -2.32. The Morgan fingerprint density at radius 3 is 2.29 bits per heavy atom. The van der Waals surface area contributed by atoms with Gasteiger partial charge in [0.1, 0.15) is 0 Å². The molecule has 0 bridgehead atoms. The van der Waals surface area contributed by atoms with Crippen LogP contribution in [0.25, 0.3) is 6.08 Å². The molecule has 144 valence electrons. The molecule has 1 saturated carbocycles. The highest BCUT2D eigenvalue weighted by Gasteiger charge is 2.44. The smallest absolute Gasteiger partial charge is 0.240 e. The Kier molecular flexibility index (Phi) is 5.31. The molecule has 4 rings (SSSR count). The van der Waals surface area contributed by atoms with Crippen molar-refractivity contribution in [2.45, 2.75) is 32.7 Å². The molecule has 1 heterocycles. The van der Waals surface area contributed by atoms with Gasteiger partial charge in [-0.05, 0) is 65.8 Å². The van der Waals surface area contributed by atoms with E-state index < -0.39 is 0 Å². The Morgan fingerprint density at radius 2 is 1.68 bits per heavy atom. The summed E-state index contributed by atoms with van der Waals surface area (Å²) in [5.41, 5.74) is 4.40. The quantitative estimate of drug-likeness (QED) is 0.562. The van der Waals surface area contributed by atoms with Gasteiger partial charge in [0.15, 0.2) is 0 Å². The Bertz CT molecular complexity index is 948. The van der Waals surface area contributed by atoms with Gasteiger partial charge in [0, 0.05) is 22.9 Å². The molecule has 3 atom stereocenters. The van der Waals surface area contributed by atoms with E-state index in [4.69, 9.17) is 28.3 Å². The minimum absolute atomic E-state index is 0.0413. The van der Waals surface area contributed by atoms with Crippen molar-refractivity contribution in [2.24, 2.45) is 16.9 Å². The highest BCUT2D eigenvalue weighted by Crippen LogP contribution is 2.46. The van der Waals surface area contributed by atoms with Crippen LogP contribution in [0.1, 0.15) is 43.9 Å². The number of carbonyl (C=O) groups excluding carboxylic acids is 1. The Morgan fingerprint density at radius 1 is 1.07 bits per heavy atom. The van der Waals surface area contributed by atoms with E-state index in [9.17, 15) is 4.79 Å². The fourth-order valence-electron chi connectivity index (χ4n) is 4.30. The van der Waals surface area contributed by atoms with Crippen molar-refractivity contribution >= 4 is 40.9 Å². The first-order valence-electron chi connectivity index (χ1n) is 9.52. The number of amides is 1. The van der Waals surface area contributed by atoms with Gasteiger partial charge in [0.05, 0.1) is 11.8 Å². The lowest BCUT2D eigenvalue weighted by molar-refractivity contribution is -0.131. The number of benzene rings is 2. The zero-order chi connectivity index (χ0) is 19.8. The normalized spacial score (nSPS) is 25.6. The van der Waals surface area contributed by atoms with Crippen LogP contribution in [0.4, 0.5) is 0 Å². The number of hydrogen-bond donors (Lipinski definition) is 0. The van der Waals surface area contributed by atoms with Crippen LogP contribution in [0.15, 0.2) is 59.2 Å². The molecule has 5 heteroatoms. The molecule has 2 aromatic carbocycles. The number of halogens is 2. The predicted molar refractivity (Wildman–Crippen MR) is 115 cm³/mol. The van der Waals surface area contributed by atoms with E-state index in [1.165, 1.54) is 5.57 Å². The summed E-state index contributed by atoms with van der Waals surface area (Å²) in [5.74, 6) is 0.664. The molecule has 1 aliphatic heterocycles. The minimum Gasteiger partial charge on any atom is -0.273 e. The number of hydrogen-bond acceptors (Lipinski definition) is 2. The fraction of sp³-hybridized carbons (Fsp3) is 0.304. The van der Waals surface area contributed by atoms with Crippen LogP contribution in [-0.2, 0) is 4.79 Å². The second-order valence-corrected chi connectivity index (χ2v) is 8.59. The largest absolute Gasteiger partial charge is 0.273 e. The maximum Gasteiger partial charge on any atom is 0.240 e. The van der Waals surface area contributed by atoms with Crippen LogP contribution in [0.3, 0.4) is 0 Å². The van der Waals surface area contributed by atoms with Gasteiger partial charge in [-0.15, -0.1) is 0 Å². The third-order valence-electron chi connectivity index (χ3n) is 5.51. The third-order valence-corrected chi connectivity index (χ3v) is 6.01. The van der Waals surface area contributed by atoms with Crippen LogP contribution in [0, 0.1) is 11.8 Å². The van der Waals surface area contributed by atoms with Crippen molar-refractivity contribution in [3.8, 4) is 0 Å². The molecule has 2 aliphatic rings. The predicted octanol–water partition coefficient (Wildman–Crippen LogP) is 6.38. The van der Waals surface area contributed by atoms with Crippen molar-refractivity contribution < 1.29 is 4.79 Å². The first-order chi connectivity index (χ1) is 13.4. The number of fused-ring (bicyclic) bond motifs is 1. The molecule has 2 aromatic rings. The molecule has 0 unspecified atom stereocenters. The molecule has 1 fully saturated rings. The standard InChI is InChI=1S/C23H22Cl2N2O/c1-14-11-18(13-16-3-7-19(24)8-4-16)22-21(12-14)23(27(26-22)15(2)28)17-5-9-20(25)10-6-17/h3-10,13-14,21,23H,11-12H2,1-2H3/b18-13+/t14-,21-,23+/m0/s1. The summed E-state index contributed by atoms with van der Waals surface area (Å²) in [6.45, 7) is 3.85. The number of hydrazone groups is 1. The molecule has 0 radical (unpaired) electrons. The SMILES string of the molecule is CC(=O)N1N=C2/C(=C/c3ccc(Cl)cc3)C[C@H](C)C[C@@H]2[C@H]1c1ccc(Cl)cc1. The molecule has 0 N–H and O–H groups in total. The van der Waals surface area contributed by atoms with Crippen molar-refractivity contribution in [3.05, 3.63) is 75.3 Å². The van der Waals surface area contributed by atoms with Gasteiger partial charge in [-0.3, -0.25) is 4.79 Å². The van der Waals surface area contributed by atoms with Crippen molar-refractivity contribution in [1.82, 2.24) is 5.01 Å². The first-order valence-corrected chi connectivity index (χ1v) is 10.3. The Balaban J connectivity index is 1.75. The maximum absolute atomic E-state index is 12.4. The van der Waals surface area contributed by atoms with Gasteiger partial charge in [0.2, 0.25) is 5.91 Å². The Hall–Kier alpha value is -2.10. The van der Waals surface area contributed by atoms with E-state index in [-0.39, 0.29) is 17.9 Å². The molecule has 0 spiro atoms. The zero-order valence-electron chi connectivity index (χ0n) is 15.9. The van der Waals surface area contributed by atoms with E-state index in [1.807, 2.05) is 48.5 Å². The highest BCUT2D eigenvalue weighted by molar-refractivity contribution is 6.30. The summed E-state index contributed by atoms with van der Waals surface area (Å²) in [6.07, 6.45) is 4.14. The molecule has 28 heavy (non-hydrogen) atoms. The Labute approximate surface area is 175 Å². The summed E-state index contributed by atoms with van der Waals surface area (Å²) >= 11 is 12.1. The number of carbonyl (C=O) groups is 1. The van der Waals surface area contributed by atoms with Crippen molar-refractivity contribution in [3.63, 3.8) is 0 Å². The van der Waals surface area contributed by atoms with Gasteiger partial charge >= 0.3 is 0 Å². The lowest BCUT2D eigenvalue weighted by Crippen LogP contribution is -2.32. The van der Waals surface area contributed by atoms with Crippen LogP contribution in [0.5, 0.6) is 0 Å². The highest BCUT2D eigenvalue weighted by atomic mass is 35.5. The van der Waals surface area contributed by atoms with E-state index in [0.29, 0.717) is 10.9 Å². The minimum atomic E-state index is -0.0823. The summed E-state index contributed by atoms with van der Waals surface area (Å²) in [5, 5.41) is 7.86. The van der Waals surface area contributed by atoms with E-state index >= 15 is 0 Å². The van der Waals surface area contributed by atoms with E-state index in [2.05, 4.69) is 13.0 Å². The topological polar surface area (TPSA) is 32.7 Å². The van der Waals surface area contributed by atoms with Crippen LogP contribution in [-0.4, -0.2) is 16.6 Å². The molecule has 0 saturated heterocycles. The number of rotatable bonds is 2. The van der Waals surface area contributed by atoms with Gasteiger partial charge < -0.3 is 0 Å². The van der Waals surface area contributed by atoms with Gasteiger partial charge in [-0.25, -0.2) is 5.01 Å². The van der Waals surface area contributed by atoms with Gasteiger partial charge in [-0.2, -0.15) is 5.10 Å². The van der Waals surface area contributed by atoms with Gasteiger partial charge in [0.25, 0.3) is 0 Å². The molecule has 1 amide bonds. The van der Waals surface area contributed by atoms with Crippen LogP contribution >= 0.6 is 23.2 Å². The van der Waals surface area contributed by atoms with Crippen molar-refractivity contribution in [2.75, 3.05) is 0 Å². The summed E-state index contributed by atoms with van der Waals surface area (Å²) in [7, 11) is 0. The van der Waals surface area contributed by atoms with Crippen LogP contribution < -0.4 is 0 Å². The summed E-state index contributed by atoms with van der Waals surface area (Å²) in [6, 6.07) is 15.5. The van der Waals surface area contributed by atoms with E-state index in [0.717, 1.165) is 34.7 Å². The first kappa shape index (κ1) is 19.2. The van der Waals surface area contributed by atoms with Crippen molar-refractivity contribution in [1.29, 1.82) is 0 Å². The van der Waals surface area contributed by atoms with Gasteiger partial charge in [-0.1, -0.05) is 54.4 Å². The second kappa shape index (κ2) is 7.73. The average Bonchev–Trinajstić information content (AvgIpc) is 3.04. The molecule has 1 aliphatic carbocycles. The second-order valence-electron chi connectivity index (χ2n) is 7.72. The van der Waals surface area contributed by atoms with Crippen LogP contribution in [0.2, 0.25) is 10.0 Å². The molecule has 0 aromatic heterocycles. The molecular formula is C23H22Cl2N2O. The summed E-state index contributed by atoms with van der Waals surface area (Å²) in [4.78, 5) is 12.4. The van der Waals surface area contributed by atoms with E-state index in [1.54, 1.807) is 11.9 Å². The molecular weight excluding hydrogens is 391 g/mol. The third kappa shape index (κ3) is 3.74. The maximum atomic E-state index is 12.4. The zero-order valence-corrected chi connectivity index (χ0v) is 17.4. The summed E-state index contributed by atoms with van der Waals surface area (Å²) < 4.78 is 0. The number of allylic oxidation sites excluding steroid dienone is 1. The number of nitrogens with zero attached hydrogens (tertiary/aromatic N) is 2. The fourth-order valence-corrected chi connectivity index (χ4v) is 4.56. The average molecular weight is 413 g/mol. The molecule has 3 nitrogen and oxygen atoms in total. The lowest BCUT2D eigenvalue weighted by atomic mass is 9.73. The monoisotopic (exact) mass is 412 g/mol.